The van der Waals surface area contributed by atoms with Crippen molar-refractivity contribution in [3.05, 3.63) is 48.6 Å². The zero-order valence-electron chi connectivity index (χ0n) is 15.9. The number of carboxylic acid groups (broad SMARTS) is 1. The summed E-state index contributed by atoms with van der Waals surface area (Å²) in [6.45, 7) is 2.23. The molecular formula is C22H34O4. The first-order valence-corrected chi connectivity index (χ1v) is 9.88. The van der Waals surface area contributed by atoms with E-state index in [4.69, 9.17) is 9.84 Å². The molecule has 146 valence electrons. The van der Waals surface area contributed by atoms with Gasteiger partial charge in [-0.25, -0.2) is 4.79 Å². The molecule has 1 fully saturated rings. The lowest BCUT2D eigenvalue weighted by Gasteiger charge is -2.05. The van der Waals surface area contributed by atoms with Crippen molar-refractivity contribution in [3.63, 3.8) is 0 Å². The summed E-state index contributed by atoms with van der Waals surface area (Å²) in [5.41, 5.74) is 0. The van der Waals surface area contributed by atoms with Crippen molar-refractivity contribution in [2.75, 3.05) is 0 Å². The normalized spacial score (nSPS) is 21.5. The van der Waals surface area contributed by atoms with Crippen molar-refractivity contribution in [2.24, 2.45) is 0 Å². The fourth-order valence-corrected chi connectivity index (χ4v) is 2.85. The van der Waals surface area contributed by atoms with E-state index in [2.05, 4.69) is 6.92 Å². The van der Waals surface area contributed by atoms with Gasteiger partial charge in [-0.3, -0.25) is 0 Å². The number of allylic oxidation sites excluding steroid dienone is 7. The molecule has 3 atom stereocenters. The number of epoxide rings is 1. The van der Waals surface area contributed by atoms with E-state index in [1.807, 2.05) is 24.3 Å². The Hall–Kier alpha value is -1.65. The van der Waals surface area contributed by atoms with Crippen molar-refractivity contribution in [1.82, 2.24) is 0 Å². The Balaban J connectivity index is 2.02. The first-order valence-electron chi connectivity index (χ1n) is 9.88. The molecular weight excluding hydrogens is 328 g/mol. The van der Waals surface area contributed by atoms with Gasteiger partial charge in [0.1, 0.15) is 6.10 Å². The Labute approximate surface area is 158 Å². The van der Waals surface area contributed by atoms with Crippen LogP contribution in [0.5, 0.6) is 0 Å². The summed E-state index contributed by atoms with van der Waals surface area (Å²) >= 11 is 0. The van der Waals surface area contributed by atoms with Crippen molar-refractivity contribution in [2.45, 2.75) is 83.0 Å². The van der Waals surface area contributed by atoms with Crippen LogP contribution < -0.4 is 0 Å². The van der Waals surface area contributed by atoms with Gasteiger partial charge in [-0.2, -0.15) is 0 Å². The third-order valence-electron chi connectivity index (χ3n) is 4.40. The number of aliphatic carboxylic acids is 1. The molecule has 0 spiro atoms. The van der Waals surface area contributed by atoms with E-state index in [9.17, 15) is 9.90 Å². The van der Waals surface area contributed by atoms with Crippen LogP contribution >= 0.6 is 0 Å². The van der Waals surface area contributed by atoms with Gasteiger partial charge in [0.15, 0.2) is 0 Å². The second kappa shape index (κ2) is 14.5. The largest absolute Gasteiger partial charge is 0.478 e. The van der Waals surface area contributed by atoms with Crippen molar-refractivity contribution in [3.8, 4) is 0 Å². The molecule has 0 amide bonds. The van der Waals surface area contributed by atoms with Crippen molar-refractivity contribution >= 4 is 5.97 Å². The van der Waals surface area contributed by atoms with E-state index in [-0.39, 0.29) is 18.3 Å². The van der Waals surface area contributed by atoms with Gasteiger partial charge in [0, 0.05) is 6.08 Å². The fraction of sp³-hybridized carbons (Fsp3) is 0.591. The summed E-state index contributed by atoms with van der Waals surface area (Å²) in [5, 5.41) is 18.6. The van der Waals surface area contributed by atoms with Gasteiger partial charge in [-0.15, -0.1) is 0 Å². The number of carboxylic acids is 1. The van der Waals surface area contributed by atoms with Crippen LogP contribution in [0.1, 0.15) is 64.7 Å². The molecule has 3 unspecified atom stereocenters. The molecule has 1 heterocycles. The molecule has 4 nitrogen and oxygen atoms in total. The Morgan fingerprint density at radius 1 is 1.00 bits per heavy atom. The number of aliphatic hydroxyl groups is 1. The summed E-state index contributed by atoms with van der Waals surface area (Å²) in [5.74, 6) is -0.953. The van der Waals surface area contributed by atoms with Gasteiger partial charge in [0.05, 0.1) is 12.2 Å². The number of carbonyl (C=O) groups is 1. The summed E-state index contributed by atoms with van der Waals surface area (Å²) < 4.78 is 5.61. The minimum Gasteiger partial charge on any atom is -0.478 e. The van der Waals surface area contributed by atoms with Crippen LogP contribution in [-0.4, -0.2) is 34.5 Å². The second-order valence-electron chi connectivity index (χ2n) is 6.74. The molecule has 1 saturated heterocycles. The highest BCUT2D eigenvalue weighted by atomic mass is 16.6. The first-order chi connectivity index (χ1) is 12.6. The van der Waals surface area contributed by atoms with Crippen LogP contribution in [0.25, 0.3) is 0 Å². The van der Waals surface area contributed by atoms with E-state index in [0.717, 1.165) is 25.3 Å². The molecule has 0 aromatic heterocycles. The third kappa shape index (κ3) is 11.8. The lowest BCUT2D eigenvalue weighted by atomic mass is 10.0. The molecule has 4 heteroatoms. The highest BCUT2D eigenvalue weighted by molar-refractivity contribution is 5.80. The zero-order chi connectivity index (χ0) is 19.0. The van der Waals surface area contributed by atoms with Crippen LogP contribution in [0.2, 0.25) is 0 Å². The van der Waals surface area contributed by atoms with Crippen LogP contribution in [0.15, 0.2) is 48.6 Å². The topological polar surface area (TPSA) is 70.1 Å². The lowest BCUT2D eigenvalue weighted by molar-refractivity contribution is -0.131. The molecule has 1 aliphatic rings. The Kier molecular flexibility index (Phi) is 12.5. The Morgan fingerprint density at radius 2 is 1.65 bits per heavy atom. The molecule has 0 aromatic carbocycles. The maximum absolute atomic E-state index is 10.3. The molecule has 0 radical (unpaired) electrons. The molecule has 1 aliphatic heterocycles. The van der Waals surface area contributed by atoms with Crippen molar-refractivity contribution < 1.29 is 19.7 Å². The monoisotopic (exact) mass is 362 g/mol. The third-order valence-corrected chi connectivity index (χ3v) is 4.40. The van der Waals surface area contributed by atoms with Gasteiger partial charge < -0.3 is 14.9 Å². The number of aliphatic hydroxyl groups excluding tert-OH is 1. The second-order valence-corrected chi connectivity index (χ2v) is 6.74. The van der Waals surface area contributed by atoms with E-state index >= 15 is 0 Å². The van der Waals surface area contributed by atoms with Gasteiger partial charge >= 0.3 is 5.97 Å². The molecule has 0 aliphatic carbocycles. The maximum atomic E-state index is 10.3. The summed E-state index contributed by atoms with van der Waals surface area (Å²) in [7, 11) is 0. The quantitative estimate of drug-likeness (QED) is 0.187. The average molecular weight is 363 g/mol. The summed E-state index contributed by atoms with van der Waals surface area (Å²) in [6.07, 6.45) is 24.0. The SMILES string of the molecule is CCCCCCCCC1OC1C(O)CCC=CC=CC=CC=CC(=O)O. The molecule has 1 rings (SSSR count). The minimum absolute atomic E-state index is 0.0403. The van der Waals surface area contributed by atoms with Crippen LogP contribution in [-0.2, 0) is 9.53 Å². The first kappa shape index (κ1) is 22.4. The molecule has 2 N–H and O–H groups in total. The van der Waals surface area contributed by atoms with Crippen LogP contribution in [0.4, 0.5) is 0 Å². The predicted molar refractivity (Wildman–Crippen MR) is 106 cm³/mol. The summed E-state index contributed by atoms with van der Waals surface area (Å²) in [6, 6.07) is 0. The number of hydrogen-bond acceptors (Lipinski definition) is 3. The van der Waals surface area contributed by atoms with E-state index in [1.54, 1.807) is 12.2 Å². The van der Waals surface area contributed by atoms with Gasteiger partial charge in [0.2, 0.25) is 0 Å². The zero-order valence-corrected chi connectivity index (χ0v) is 15.9. The number of unbranched alkanes of at least 4 members (excludes halogenated alkanes) is 5. The molecule has 0 aromatic rings. The maximum Gasteiger partial charge on any atom is 0.328 e. The smallest absolute Gasteiger partial charge is 0.328 e. The average Bonchev–Trinajstić information content (AvgIpc) is 3.39. The highest BCUT2D eigenvalue weighted by Crippen LogP contribution is 2.32. The van der Waals surface area contributed by atoms with Gasteiger partial charge in [-0.05, 0) is 19.3 Å². The number of ether oxygens (including phenoxy) is 1. The van der Waals surface area contributed by atoms with Gasteiger partial charge in [-0.1, -0.05) is 88.0 Å². The lowest BCUT2D eigenvalue weighted by Crippen LogP contribution is -2.16. The Bertz CT molecular complexity index is 490. The Morgan fingerprint density at radius 3 is 2.38 bits per heavy atom. The van der Waals surface area contributed by atoms with Crippen LogP contribution in [0.3, 0.4) is 0 Å². The number of hydrogen-bond donors (Lipinski definition) is 2. The number of rotatable bonds is 15. The predicted octanol–water partition coefficient (Wildman–Crippen LogP) is 4.95. The molecule has 0 bridgehead atoms. The highest BCUT2D eigenvalue weighted by Gasteiger charge is 2.42. The fourth-order valence-electron chi connectivity index (χ4n) is 2.85. The van der Waals surface area contributed by atoms with E-state index in [1.165, 1.54) is 44.6 Å². The standard InChI is InChI=1S/C22H34O4/c1-2-3-4-5-11-14-17-20-22(26-20)19(23)16-13-10-8-6-7-9-12-15-18-21(24)25/h6-10,12,15,18-20,22-23H,2-5,11,13-14,16-17H2,1H3,(H,24,25). The summed E-state index contributed by atoms with van der Waals surface area (Å²) in [4.78, 5) is 10.3. The van der Waals surface area contributed by atoms with Gasteiger partial charge in [0.25, 0.3) is 0 Å². The van der Waals surface area contributed by atoms with E-state index in [0.29, 0.717) is 0 Å². The van der Waals surface area contributed by atoms with E-state index < -0.39 is 5.97 Å². The minimum atomic E-state index is -0.953. The molecule has 0 saturated carbocycles. The molecule has 26 heavy (non-hydrogen) atoms. The van der Waals surface area contributed by atoms with Crippen molar-refractivity contribution in [1.29, 1.82) is 0 Å². The van der Waals surface area contributed by atoms with Crippen LogP contribution in [0, 0.1) is 0 Å².